The van der Waals surface area contributed by atoms with E-state index in [0.29, 0.717) is 25.0 Å². The van der Waals surface area contributed by atoms with Gasteiger partial charge in [0.15, 0.2) is 0 Å². The summed E-state index contributed by atoms with van der Waals surface area (Å²) < 4.78 is 0. The van der Waals surface area contributed by atoms with Crippen molar-refractivity contribution in [3.05, 3.63) is 0 Å². The van der Waals surface area contributed by atoms with Crippen LogP contribution in [0.3, 0.4) is 0 Å². The minimum atomic E-state index is -0.636. The molecule has 90 valence electrons. The van der Waals surface area contributed by atoms with Gasteiger partial charge in [0.05, 0.1) is 5.60 Å². The summed E-state index contributed by atoms with van der Waals surface area (Å²) in [5.74, 6) is 1.05. The predicted molar refractivity (Wildman–Crippen MR) is 61.7 cm³/mol. The van der Waals surface area contributed by atoms with Crippen molar-refractivity contribution in [2.75, 3.05) is 19.7 Å². The molecule has 1 rings (SSSR count). The zero-order chi connectivity index (χ0) is 11.3. The molecule has 0 amide bonds. The first-order chi connectivity index (χ1) is 7.03. The van der Waals surface area contributed by atoms with Gasteiger partial charge in [-0.3, -0.25) is 0 Å². The largest absolute Gasteiger partial charge is 0.396 e. The van der Waals surface area contributed by atoms with Crippen LogP contribution in [0.15, 0.2) is 0 Å². The second-order valence-corrected chi connectivity index (χ2v) is 5.43. The van der Waals surface area contributed by atoms with Crippen molar-refractivity contribution in [2.24, 2.45) is 11.8 Å². The minimum absolute atomic E-state index is 0.314. The quantitative estimate of drug-likeness (QED) is 0.645. The number of hydrogen-bond donors (Lipinski definition) is 3. The molecule has 0 aromatic heterocycles. The Morgan fingerprint density at radius 1 is 1.20 bits per heavy atom. The van der Waals surface area contributed by atoms with Gasteiger partial charge in [-0.25, -0.2) is 0 Å². The topological polar surface area (TPSA) is 52.5 Å². The van der Waals surface area contributed by atoms with E-state index in [2.05, 4.69) is 5.32 Å². The summed E-state index contributed by atoms with van der Waals surface area (Å²) in [6, 6.07) is 0. The van der Waals surface area contributed by atoms with Crippen LogP contribution < -0.4 is 5.32 Å². The standard InChI is InChI=1S/C12H25NO2/c1-12(2,15)9-13-7-10-5-3-4-6-11(10)8-14/h10-11,13-15H,3-9H2,1-2H3. The smallest absolute Gasteiger partial charge is 0.0715 e. The highest BCUT2D eigenvalue weighted by molar-refractivity contribution is 4.78. The molecule has 0 aromatic rings. The molecule has 3 heteroatoms. The molecule has 1 aliphatic carbocycles. The molecule has 0 bridgehead atoms. The van der Waals surface area contributed by atoms with Gasteiger partial charge in [-0.05, 0) is 45.1 Å². The van der Waals surface area contributed by atoms with E-state index in [1.165, 1.54) is 19.3 Å². The first kappa shape index (κ1) is 12.9. The van der Waals surface area contributed by atoms with Crippen molar-refractivity contribution in [2.45, 2.75) is 45.1 Å². The lowest BCUT2D eigenvalue weighted by atomic mass is 9.79. The van der Waals surface area contributed by atoms with Gasteiger partial charge in [0.1, 0.15) is 0 Å². The van der Waals surface area contributed by atoms with Crippen molar-refractivity contribution < 1.29 is 10.2 Å². The summed E-state index contributed by atoms with van der Waals surface area (Å²) in [5, 5.41) is 22.1. The van der Waals surface area contributed by atoms with E-state index in [0.717, 1.165) is 13.0 Å². The molecule has 2 atom stereocenters. The molecule has 1 saturated carbocycles. The highest BCUT2D eigenvalue weighted by Gasteiger charge is 2.24. The summed E-state index contributed by atoms with van der Waals surface area (Å²) in [6.07, 6.45) is 4.91. The van der Waals surface area contributed by atoms with Gasteiger partial charge in [0.25, 0.3) is 0 Å². The van der Waals surface area contributed by atoms with Crippen LogP contribution in [-0.2, 0) is 0 Å². The van der Waals surface area contributed by atoms with Gasteiger partial charge in [0, 0.05) is 13.2 Å². The van der Waals surface area contributed by atoms with E-state index in [1.54, 1.807) is 0 Å². The summed E-state index contributed by atoms with van der Waals surface area (Å²) in [7, 11) is 0. The lowest BCUT2D eigenvalue weighted by Gasteiger charge is -2.31. The maximum absolute atomic E-state index is 9.56. The Bertz CT molecular complexity index is 177. The molecule has 0 aliphatic heterocycles. The van der Waals surface area contributed by atoms with Crippen LogP contribution in [0.2, 0.25) is 0 Å². The first-order valence-corrected chi connectivity index (χ1v) is 6.07. The normalized spacial score (nSPS) is 28.0. The third-order valence-corrected chi connectivity index (χ3v) is 3.27. The van der Waals surface area contributed by atoms with E-state index < -0.39 is 5.60 Å². The first-order valence-electron chi connectivity index (χ1n) is 6.07. The molecular formula is C12H25NO2. The Morgan fingerprint density at radius 3 is 2.33 bits per heavy atom. The monoisotopic (exact) mass is 215 g/mol. The van der Waals surface area contributed by atoms with Gasteiger partial charge in [-0.1, -0.05) is 12.8 Å². The fraction of sp³-hybridized carbons (Fsp3) is 1.00. The molecule has 1 fully saturated rings. The van der Waals surface area contributed by atoms with E-state index >= 15 is 0 Å². The molecule has 3 nitrogen and oxygen atoms in total. The fourth-order valence-corrected chi connectivity index (χ4v) is 2.36. The van der Waals surface area contributed by atoms with Crippen molar-refractivity contribution in [3.8, 4) is 0 Å². The Balaban J connectivity index is 2.23. The van der Waals surface area contributed by atoms with Crippen molar-refractivity contribution in [1.82, 2.24) is 5.32 Å². The molecule has 0 saturated heterocycles. The van der Waals surface area contributed by atoms with Crippen LogP contribution in [0.5, 0.6) is 0 Å². The summed E-state index contributed by atoms with van der Waals surface area (Å²) in [5.41, 5.74) is -0.636. The average molecular weight is 215 g/mol. The van der Waals surface area contributed by atoms with Crippen LogP contribution in [-0.4, -0.2) is 35.5 Å². The fourth-order valence-electron chi connectivity index (χ4n) is 2.36. The zero-order valence-corrected chi connectivity index (χ0v) is 10.00. The third kappa shape index (κ3) is 4.96. The molecular weight excluding hydrogens is 190 g/mol. The molecule has 0 heterocycles. The lowest BCUT2D eigenvalue weighted by molar-refractivity contribution is 0.0734. The SMILES string of the molecule is CC(C)(O)CNCC1CCCCC1CO. The zero-order valence-electron chi connectivity index (χ0n) is 10.00. The summed E-state index contributed by atoms with van der Waals surface area (Å²) in [4.78, 5) is 0. The molecule has 2 unspecified atom stereocenters. The number of hydrogen-bond acceptors (Lipinski definition) is 3. The number of aliphatic hydroxyl groups is 2. The van der Waals surface area contributed by atoms with Crippen molar-refractivity contribution in [3.63, 3.8) is 0 Å². The number of nitrogens with one attached hydrogen (secondary N) is 1. The van der Waals surface area contributed by atoms with Crippen LogP contribution in [0.25, 0.3) is 0 Å². The van der Waals surface area contributed by atoms with Gasteiger partial charge in [0.2, 0.25) is 0 Å². The highest BCUT2D eigenvalue weighted by atomic mass is 16.3. The van der Waals surface area contributed by atoms with Crippen molar-refractivity contribution in [1.29, 1.82) is 0 Å². The van der Waals surface area contributed by atoms with E-state index in [4.69, 9.17) is 0 Å². The van der Waals surface area contributed by atoms with Crippen LogP contribution in [0.4, 0.5) is 0 Å². The minimum Gasteiger partial charge on any atom is -0.396 e. The summed E-state index contributed by atoms with van der Waals surface area (Å²) >= 11 is 0. The second-order valence-electron chi connectivity index (χ2n) is 5.43. The second kappa shape index (κ2) is 5.83. The molecule has 0 spiro atoms. The van der Waals surface area contributed by atoms with Gasteiger partial charge < -0.3 is 15.5 Å². The Morgan fingerprint density at radius 2 is 1.80 bits per heavy atom. The number of aliphatic hydroxyl groups excluding tert-OH is 1. The summed E-state index contributed by atoms with van der Waals surface area (Å²) in [6.45, 7) is 5.49. The van der Waals surface area contributed by atoms with E-state index in [9.17, 15) is 10.2 Å². The average Bonchev–Trinajstić information content (AvgIpc) is 2.16. The maximum Gasteiger partial charge on any atom is 0.0715 e. The van der Waals surface area contributed by atoms with E-state index in [1.807, 2.05) is 13.8 Å². The van der Waals surface area contributed by atoms with E-state index in [-0.39, 0.29) is 0 Å². The number of rotatable bonds is 5. The third-order valence-electron chi connectivity index (χ3n) is 3.27. The highest BCUT2D eigenvalue weighted by Crippen LogP contribution is 2.29. The van der Waals surface area contributed by atoms with Crippen LogP contribution in [0, 0.1) is 11.8 Å². The maximum atomic E-state index is 9.56. The Kier molecular flexibility index (Phi) is 5.03. The van der Waals surface area contributed by atoms with Crippen LogP contribution >= 0.6 is 0 Å². The van der Waals surface area contributed by atoms with Gasteiger partial charge in [-0.15, -0.1) is 0 Å². The molecule has 3 N–H and O–H groups in total. The molecule has 0 aromatic carbocycles. The van der Waals surface area contributed by atoms with Crippen LogP contribution in [0.1, 0.15) is 39.5 Å². The van der Waals surface area contributed by atoms with Gasteiger partial charge in [-0.2, -0.15) is 0 Å². The van der Waals surface area contributed by atoms with Gasteiger partial charge >= 0.3 is 0 Å². The Hall–Kier alpha value is -0.120. The Labute approximate surface area is 92.9 Å². The molecule has 15 heavy (non-hydrogen) atoms. The molecule has 1 aliphatic rings. The van der Waals surface area contributed by atoms with Crippen molar-refractivity contribution >= 4 is 0 Å². The predicted octanol–water partition coefficient (Wildman–Crippen LogP) is 1.15. The lowest BCUT2D eigenvalue weighted by Crippen LogP contribution is -2.39. The molecule has 0 radical (unpaired) electrons.